The van der Waals surface area contributed by atoms with Crippen molar-refractivity contribution >= 4 is 17.7 Å². The SMILES string of the molecule is Cc1ccc(Cl)cc1-c1ccc(C=C[N+](=O)[O-])o1. The van der Waals surface area contributed by atoms with Gasteiger partial charge in [0.1, 0.15) is 11.5 Å². The van der Waals surface area contributed by atoms with E-state index in [0.717, 1.165) is 17.3 Å². The lowest BCUT2D eigenvalue weighted by Crippen LogP contribution is -1.81. The van der Waals surface area contributed by atoms with Crippen LogP contribution >= 0.6 is 11.6 Å². The molecule has 0 aliphatic carbocycles. The summed E-state index contributed by atoms with van der Waals surface area (Å²) in [7, 11) is 0. The molecule has 2 aromatic rings. The average molecular weight is 264 g/mol. The Kier molecular flexibility index (Phi) is 3.48. The Labute approximate surface area is 109 Å². The van der Waals surface area contributed by atoms with Crippen molar-refractivity contribution in [3.05, 3.63) is 63.0 Å². The third kappa shape index (κ3) is 2.78. The van der Waals surface area contributed by atoms with Gasteiger partial charge in [0.05, 0.1) is 11.0 Å². The van der Waals surface area contributed by atoms with Crippen molar-refractivity contribution in [3.63, 3.8) is 0 Å². The van der Waals surface area contributed by atoms with Crippen molar-refractivity contribution in [2.24, 2.45) is 0 Å². The zero-order valence-corrected chi connectivity index (χ0v) is 10.3. The Hall–Kier alpha value is -2.07. The molecule has 0 aliphatic heterocycles. The molecule has 18 heavy (non-hydrogen) atoms. The maximum Gasteiger partial charge on any atom is 0.238 e. The van der Waals surface area contributed by atoms with Crippen LogP contribution in [0.4, 0.5) is 0 Å². The van der Waals surface area contributed by atoms with E-state index in [1.165, 1.54) is 6.08 Å². The molecule has 5 heteroatoms. The molecule has 0 N–H and O–H groups in total. The first-order valence-corrected chi connectivity index (χ1v) is 5.62. The summed E-state index contributed by atoms with van der Waals surface area (Å²) >= 11 is 5.93. The summed E-state index contributed by atoms with van der Waals surface area (Å²) in [6.45, 7) is 1.95. The molecule has 0 radical (unpaired) electrons. The summed E-state index contributed by atoms with van der Waals surface area (Å²) in [5, 5.41) is 10.8. The van der Waals surface area contributed by atoms with Gasteiger partial charge in [-0.05, 0) is 36.8 Å². The first-order valence-electron chi connectivity index (χ1n) is 5.24. The summed E-state index contributed by atoms with van der Waals surface area (Å²) in [4.78, 5) is 9.67. The lowest BCUT2D eigenvalue weighted by molar-refractivity contribution is -0.401. The predicted octanol–water partition coefficient (Wildman–Crippen LogP) is 4.16. The van der Waals surface area contributed by atoms with E-state index in [0.29, 0.717) is 16.5 Å². The second-order valence-corrected chi connectivity index (χ2v) is 4.20. The Balaban J connectivity index is 2.35. The number of hydrogen-bond acceptors (Lipinski definition) is 3. The van der Waals surface area contributed by atoms with Crippen LogP contribution in [0.25, 0.3) is 17.4 Å². The summed E-state index contributed by atoms with van der Waals surface area (Å²) < 4.78 is 5.51. The van der Waals surface area contributed by atoms with Gasteiger partial charge in [-0.2, -0.15) is 0 Å². The smallest absolute Gasteiger partial charge is 0.238 e. The molecule has 0 spiro atoms. The molecule has 0 unspecified atom stereocenters. The normalized spacial score (nSPS) is 11.0. The standard InChI is InChI=1S/C13H10ClNO3/c1-9-2-3-10(14)8-12(9)13-5-4-11(18-13)6-7-15(16)17/h2-8H,1H3. The van der Waals surface area contributed by atoms with Gasteiger partial charge in [-0.25, -0.2) is 0 Å². The highest BCUT2D eigenvalue weighted by Crippen LogP contribution is 2.28. The number of nitro groups is 1. The predicted molar refractivity (Wildman–Crippen MR) is 69.9 cm³/mol. The average Bonchev–Trinajstić information content (AvgIpc) is 2.78. The summed E-state index contributed by atoms with van der Waals surface area (Å²) in [6.07, 6.45) is 2.15. The van der Waals surface area contributed by atoms with Crippen LogP contribution in [0.5, 0.6) is 0 Å². The first kappa shape index (κ1) is 12.4. The molecular weight excluding hydrogens is 254 g/mol. The van der Waals surface area contributed by atoms with Crippen LogP contribution < -0.4 is 0 Å². The quantitative estimate of drug-likeness (QED) is 0.617. The molecule has 1 aromatic carbocycles. The fourth-order valence-corrected chi connectivity index (χ4v) is 1.75. The molecule has 0 atom stereocenters. The van der Waals surface area contributed by atoms with E-state index in [4.69, 9.17) is 16.0 Å². The Morgan fingerprint density at radius 1 is 1.33 bits per heavy atom. The first-order chi connectivity index (χ1) is 8.56. The minimum atomic E-state index is -0.535. The molecule has 1 aromatic heterocycles. The van der Waals surface area contributed by atoms with Crippen LogP contribution in [0, 0.1) is 17.0 Å². The minimum Gasteiger partial charge on any atom is -0.456 e. The van der Waals surface area contributed by atoms with Gasteiger partial charge in [0.2, 0.25) is 6.20 Å². The van der Waals surface area contributed by atoms with Crippen molar-refractivity contribution in [1.82, 2.24) is 0 Å². The number of hydrogen-bond donors (Lipinski definition) is 0. The van der Waals surface area contributed by atoms with Crippen LogP contribution in [0.3, 0.4) is 0 Å². The van der Waals surface area contributed by atoms with Crippen LogP contribution in [0.2, 0.25) is 5.02 Å². The monoisotopic (exact) mass is 263 g/mol. The van der Waals surface area contributed by atoms with Crippen molar-refractivity contribution < 1.29 is 9.34 Å². The van der Waals surface area contributed by atoms with E-state index < -0.39 is 4.92 Å². The van der Waals surface area contributed by atoms with Crippen LogP contribution in [-0.4, -0.2) is 4.92 Å². The molecule has 0 fully saturated rings. The van der Waals surface area contributed by atoms with Crippen molar-refractivity contribution in [2.45, 2.75) is 6.92 Å². The van der Waals surface area contributed by atoms with E-state index in [1.807, 2.05) is 13.0 Å². The van der Waals surface area contributed by atoms with Crippen LogP contribution in [-0.2, 0) is 0 Å². The summed E-state index contributed by atoms with van der Waals surface area (Å²) in [5.41, 5.74) is 1.90. The van der Waals surface area contributed by atoms with Gasteiger partial charge in [-0.3, -0.25) is 10.1 Å². The van der Waals surface area contributed by atoms with Crippen molar-refractivity contribution in [1.29, 1.82) is 0 Å². The number of aryl methyl sites for hydroxylation is 1. The van der Waals surface area contributed by atoms with E-state index in [1.54, 1.807) is 24.3 Å². The van der Waals surface area contributed by atoms with Gasteiger partial charge in [0.15, 0.2) is 0 Å². The number of nitrogens with zero attached hydrogens (tertiary/aromatic N) is 1. The second kappa shape index (κ2) is 5.06. The van der Waals surface area contributed by atoms with Crippen molar-refractivity contribution in [3.8, 4) is 11.3 Å². The summed E-state index contributed by atoms with van der Waals surface area (Å²) in [6, 6.07) is 8.94. The topological polar surface area (TPSA) is 56.3 Å². The fraction of sp³-hybridized carbons (Fsp3) is 0.0769. The maximum absolute atomic E-state index is 10.2. The molecule has 4 nitrogen and oxygen atoms in total. The molecule has 0 saturated heterocycles. The third-order valence-corrected chi connectivity index (χ3v) is 2.69. The van der Waals surface area contributed by atoms with Gasteiger partial charge in [-0.1, -0.05) is 17.7 Å². The van der Waals surface area contributed by atoms with E-state index in [-0.39, 0.29) is 0 Å². The Morgan fingerprint density at radius 3 is 2.83 bits per heavy atom. The highest BCUT2D eigenvalue weighted by atomic mass is 35.5. The molecular formula is C13H10ClNO3. The van der Waals surface area contributed by atoms with Gasteiger partial charge in [0, 0.05) is 10.6 Å². The number of halogens is 1. The second-order valence-electron chi connectivity index (χ2n) is 3.76. The molecule has 0 saturated carbocycles. The van der Waals surface area contributed by atoms with E-state index in [2.05, 4.69) is 0 Å². The van der Waals surface area contributed by atoms with E-state index >= 15 is 0 Å². The van der Waals surface area contributed by atoms with Crippen LogP contribution in [0.15, 0.2) is 40.9 Å². The van der Waals surface area contributed by atoms with Crippen molar-refractivity contribution in [2.75, 3.05) is 0 Å². The zero-order chi connectivity index (χ0) is 13.1. The van der Waals surface area contributed by atoms with Gasteiger partial charge in [-0.15, -0.1) is 0 Å². The molecule has 2 rings (SSSR count). The van der Waals surface area contributed by atoms with E-state index in [9.17, 15) is 10.1 Å². The van der Waals surface area contributed by atoms with Gasteiger partial charge >= 0.3 is 0 Å². The lowest BCUT2D eigenvalue weighted by atomic mass is 10.1. The largest absolute Gasteiger partial charge is 0.456 e. The Morgan fingerprint density at radius 2 is 2.11 bits per heavy atom. The molecule has 0 amide bonds. The molecule has 1 heterocycles. The molecule has 0 aliphatic rings. The Bertz CT molecular complexity index is 616. The highest BCUT2D eigenvalue weighted by Gasteiger charge is 2.07. The third-order valence-electron chi connectivity index (χ3n) is 2.45. The van der Waals surface area contributed by atoms with Gasteiger partial charge < -0.3 is 4.42 Å². The number of furan rings is 1. The van der Waals surface area contributed by atoms with Gasteiger partial charge in [0.25, 0.3) is 0 Å². The zero-order valence-electron chi connectivity index (χ0n) is 9.59. The maximum atomic E-state index is 10.2. The molecule has 92 valence electrons. The fourth-order valence-electron chi connectivity index (χ4n) is 1.58. The lowest BCUT2D eigenvalue weighted by Gasteiger charge is -2.02. The minimum absolute atomic E-state index is 0.432. The highest BCUT2D eigenvalue weighted by molar-refractivity contribution is 6.30. The number of rotatable bonds is 3. The van der Waals surface area contributed by atoms with Crippen LogP contribution in [0.1, 0.15) is 11.3 Å². The molecule has 0 bridgehead atoms. The number of benzene rings is 1. The summed E-state index contributed by atoms with van der Waals surface area (Å²) in [5.74, 6) is 1.07.